The van der Waals surface area contributed by atoms with Crippen LogP contribution >= 0.6 is 11.3 Å². The number of nitriles is 1. The second-order valence-corrected chi connectivity index (χ2v) is 6.87. The first-order chi connectivity index (χ1) is 13.7. The average Bonchev–Trinajstić information content (AvgIpc) is 3.20. The van der Waals surface area contributed by atoms with Crippen LogP contribution in [0.2, 0.25) is 0 Å². The third-order valence-corrected chi connectivity index (χ3v) is 5.10. The summed E-state index contributed by atoms with van der Waals surface area (Å²) in [6.45, 7) is 0. The van der Waals surface area contributed by atoms with Crippen molar-refractivity contribution < 1.29 is 8.78 Å². The number of hydrogen-bond acceptors (Lipinski definition) is 4. The minimum Gasteiger partial charge on any atom is -0.360 e. The predicted octanol–water partition coefficient (Wildman–Crippen LogP) is 6.22. The van der Waals surface area contributed by atoms with Crippen LogP contribution < -0.4 is 5.32 Å². The molecule has 0 radical (unpaired) electrons. The number of thiazole rings is 1. The van der Waals surface area contributed by atoms with Crippen LogP contribution in [0, 0.1) is 23.0 Å². The molecule has 0 aliphatic rings. The van der Waals surface area contributed by atoms with Gasteiger partial charge in [-0.15, -0.1) is 11.3 Å². The van der Waals surface area contributed by atoms with E-state index in [0.29, 0.717) is 16.3 Å². The summed E-state index contributed by atoms with van der Waals surface area (Å²) >= 11 is 1.35. The smallest absolute Gasteiger partial charge is 0.160 e. The lowest BCUT2D eigenvalue weighted by Gasteiger charge is -2.03. The van der Waals surface area contributed by atoms with Gasteiger partial charge >= 0.3 is 0 Å². The van der Waals surface area contributed by atoms with E-state index in [2.05, 4.69) is 16.4 Å². The Balaban J connectivity index is 1.65. The molecule has 0 bridgehead atoms. The van der Waals surface area contributed by atoms with Gasteiger partial charge in [0, 0.05) is 28.9 Å². The van der Waals surface area contributed by atoms with Crippen LogP contribution in [0.25, 0.3) is 27.6 Å². The summed E-state index contributed by atoms with van der Waals surface area (Å²) in [5.41, 5.74) is 2.43. The molecule has 28 heavy (non-hydrogen) atoms. The highest BCUT2D eigenvalue weighted by Crippen LogP contribution is 2.31. The minimum absolute atomic E-state index is 0.307. The SMILES string of the molecule is N#CC(=CNc1ccc(F)c(F)c1)c1nc(-c2cccc3ccccc23)cs1. The zero-order valence-corrected chi connectivity index (χ0v) is 15.3. The van der Waals surface area contributed by atoms with Crippen molar-refractivity contribution in [3.63, 3.8) is 0 Å². The summed E-state index contributed by atoms with van der Waals surface area (Å²) in [5, 5.41) is 16.9. The first-order valence-corrected chi connectivity index (χ1v) is 9.29. The summed E-state index contributed by atoms with van der Waals surface area (Å²) in [6, 6.07) is 19.6. The molecular weight excluding hydrogens is 376 g/mol. The predicted molar refractivity (Wildman–Crippen MR) is 109 cm³/mol. The molecule has 0 spiro atoms. The van der Waals surface area contributed by atoms with Crippen LogP contribution in [0.15, 0.2) is 72.2 Å². The van der Waals surface area contributed by atoms with E-state index in [4.69, 9.17) is 0 Å². The Labute approximate surface area is 164 Å². The number of nitrogens with one attached hydrogen (secondary N) is 1. The van der Waals surface area contributed by atoms with E-state index in [1.165, 1.54) is 23.6 Å². The van der Waals surface area contributed by atoms with E-state index in [9.17, 15) is 14.0 Å². The van der Waals surface area contributed by atoms with Crippen LogP contribution in [0.5, 0.6) is 0 Å². The Morgan fingerprint density at radius 1 is 1.04 bits per heavy atom. The summed E-state index contributed by atoms with van der Waals surface area (Å²) < 4.78 is 26.3. The molecule has 0 aliphatic heterocycles. The number of fused-ring (bicyclic) bond motifs is 1. The molecule has 4 rings (SSSR count). The fourth-order valence-electron chi connectivity index (χ4n) is 2.85. The van der Waals surface area contributed by atoms with E-state index in [1.54, 1.807) is 0 Å². The fourth-order valence-corrected chi connectivity index (χ4v) is 3.64. The molecular formula is C22H13F2N3S. The molecule has 0 amide bonds. The first-order valence-electron chi connectivity index (χ1n) is 8.41. The van der Waals surface area contributed by atoms with E-state index in [-0.39, 0.29) is 0 Å². The van der Waals surface area contributed by atoms with Gasteiger partial charge < -0.3 is 5.32 Å². The number of benzene rings is 3. The maximum atomic E-state index is 13.3. The van der Waals surface area contributed by atoms with Gasteiger partial charge in [0.1, 0.15) is 16.6 Å². The Kier molecular flexibility index (Phi) is 4.83. The molecule has 3 aromatic carbocycles. The monoisotopic (exact) mass is 389 g/mol. The minimum atomic E-state index is -0.954. The zero-order valence-electron chi connectivity index (χ0n) is 14.5. The van der Waals surface area contributed by atoms with Crippen LogP contribution in [0.3, 0.4) is 0 Å². The number of anilines is 1. The van der Waals surface area contributed by atoms with E-state index in [0.717, 1.165) is 34.2 Å². The van der Waals surface area contributed by atoms with Gasteiger partial charge in [-0.2, -0.15) is 5.26 Å². The summed E-state index contributed by atoms with van der Waals surface area (Å²) in [6.07, 6.45) is 1.44. The van der Waals surface area contributed by atoms with Crippen LogP contribution in [-0.4, -0.2) is 4.98 Å². The van der Waals surface area contributed by atoms with E-state index in [1.807, 2.05) is 47.8 Å². The van der Waals surface area contributed by atoms with E-state index >= 15 is 0 Å². The van der Waals surface area contributed by atoms with Gasteiger partial charge in [0.05, 0.1) is 5.69 Å². The van der Waals surface area contributed by atoms with Gasteiger partial charge in [0.2, 0.25) is 0 Å². The van der Waals surface area contributed by atoms with Gasteiger partial charge in [0.25, 0.3) is 0 Å². The molecule has 0 saturated carbocycles. The normalized spacial score (nSPS) is 11.4. The third-order valence-electron chi connectivity index (χ3n) is 4.22. The number of rotatable bonds is 4. The molecule has 4 aromatic rings. The van der Waals surface area contributed by atoms with Gasteiger partial charge in [-0.1, -0.05) is 42.5 Å². The number of hydrogen-bond donors (Lipinski definition) is 1. The van der Waals surface area contributed by atoms with Crippen molar-refractivity contribution in [3.8, 4) is 17.3 Å². The maximum absolute atomic E-state index is 13.3. The van der Waals surface area contributed by atoms with Gasteiger partial charge in [-0.3, -0.25) is 0 Å². The van der Waals surface area contributed by atoms with Crippen molar-refractivity contribution in [2.45, 2.75) is 0 Å². The molecule has 3 nitrogen and oxygen atoms in total. The lowest BCUT2D eigenvalue weighted by molar-refractivity contribution is 0.509. The molecule has 136 valence electrons. The second kappa shape index (κ2) is 7.59. The van der Waals surface area contributed by atoms with E-state index < -0.39 is 11.6 Å². The molecule has 0 aliphatic carbocycles. The second-order valence-electron chi connectivity index (χ2n) is 6.01. The third kappa shape index (κ3) is 3.48. The molecule has 0 fully saturated rings. The van der Waals surface area contributed by atoms with Crippen molar-refractivity contribution in [1.29, 1.82) is 5.26 Å². The van der Waals surface area contributed by atoms with Crippen LogP contribution in [-0.2, 0) is 0 Å². The summed E-state index contributed by atoms with van der Waals surface area (Å²) in [7, 11) is 0. The quantitative estimate of drug-likeness (QED) is 0.422. The maximum Gasteiger partial charge on any atom is 0.160 e. The molecule has 0 unspecified atom stereocenters. The first kappa shape index (κ1) is 17.8. The number of aromatic nitrogens is 1. The van der Waals surface area contributed by atoms with Crippen LogP contribution in [0.4, 0.5) is 14.5 Å². The number of halogens is 2. The lowest BCUT2D eigenvalue weighted by atomic mass is 10.0. The summed E-state index contributed by atoms with van der Waals surface area (Å²) in [5.74, 6) is -1.88. The van der Waals surface area contributed by atoms with Crippen molar-refractivity contribution >= 4 is 33.4 Å². The van der Waals surface area contributed by atoms with Crippen molar-refractivity contribution in [2.24, 2.45) is 0 Å². The standard InChI is InChI=1S/C22H13F2N3S/c23-19-9-8-16(10-20(19)24)26-12-15(11-25)22-27-21(13-28-22)18-7-3-5-14-4-1-2-6-17(14)18/h1-10,12-13,26H. The Bertz CT molecular complexity index is 1230. The van der Waals surface area contributed by atoms with Crippen LogP contribution in [0.1, 0.15) is 5.01 Å². The van der Waals surface area contributed by atoms with Gasteiger partial charge in [-0.25, -0.2) is 13.8 Å². The fraction of sp³-hybridized carbons (Fsp3) is 0. The van der Waals surface area contributed by atoms with Crippen molar-refractivity contribution in [2.75, 3.05) is 5.32 Å². The van der Waals surface area contributed by atoms with Crippen molar-refractivity contribution in [3.05, 3.63) is 88.9 Å². The van der Waals surface area contributed by atoms with Crippen molar-refractivity contribution in [1.82, 2.24) is 4.98 Å². The number of allylic oxidation sites excluding steroid dienone is 1. The molecule has 0 saturated heterocycles. The largest absolute Gasteiger partial charge is 0.360 e. The topological polar surface area (TPSA) is 48.7 Å². The molecule has 6 heteroatoms. The van der Waals surface area contributed by atoms with Gasteiger partial charge in [-0.05, 0) is 22.9 Å². The Hall–Kier alpha value is -3.56. The highest BCUT2D eigenvalue weighted by atomic mass is 32.1. The Morgan fingerprint density at radius 3 is 2.68 bits per heavy atom. The number of nitrogens with zero attached hydrogens (tertiary/aromatic N) is 2. The molecule has 1 heterocycles. The average molecular weight is 389 g/mol. The summed E-state index contributed by atoms with van der Waals surface area (Å²) in [4.78, 5) is 4.60. The molecule has 1 N–H and O–H groups in total. The Morgan fingerprint density at radius 2 is 1.86 bits per heavy atom. The highest BCUT2D eigenvalue weighted by molar-refractivity contribution is 7.11. The zero-order chi connectivity index (χ0) is 19.5. The highest BCUT2D eigenvalue weighted by Gasteiger charge is 2.11. The molecule has 0 atom stereocenters. The lowest BCUT2D eigenvalue weighted by Crippen LogP contribution is -1.93. The van der Waals surface area contributed by atoms with Gasteiger partial charge in [0.15, 0.2) is 11.6 Å². The molecule has 1 aromatic heterocycles.